The van der Waals surface area contributed by atoms with Crippen LogP contribution in [0.4, 0.5) is 13.2 Å². The quantitative estimate of drug-likeness (QED) is 0.683. The number of ketones is 1. The van der Waals surface area contributed by atoms with E-state index >= 15 is 0 Å². The molecule has 0 amide bonds. The zero-order chi connectivity index (χ0) is 15.6. The molecule has 0 bridgehead atoms. The van der Waals surface area contributed by atoms with Gasteiger partial charge in [-0.05, 0) is 30.3 Å². The SMILES string of the molecule is O=C(c1cccc(OC(F)(F)F)c1)c1ccc(Br)cc1Cl. The van der Waals surface area contributed by atoms with Crippen molar-refractivity contribution in [3.05, 3.63) is 63.1 Å². The number of hydrogen-bond acceptors (Lipinski definition) is 2. The lowest BCUT2D eigenvalue weighted by molar-refractivity contribution is -0.274. The minimum Gasteiger partial charge on any atom is -0.406 e. The van der Waals surface area contributed by atoms with Crippen LogP contribution in [0.2, 0.25) is 5.02 Å². The number of halogens is 5. The Morgan fingerprint density at radius 1 is 1.14 bits per heavy atom. The van der Waals surface area contributed by atoms with Crippen molar-refractivity contribution in [2.75, 3.05) is 0 Å². The lowest BCUT2D eigenvalue weighted by Crippen LogP contribution is -2.17. The molecule has 2 aromatic carbocycles. The second-order valence-electron chi connectivity index (χ2n) is 4.03. The molecule has 0 atom stereocenters. The van der Waals surface area contributed by atoms with Gasteiger partial charge in [0.25, 0.3) is 0 Å². The number of carbonyl (C=O) groups excluding carboxylic acids is 1. The number of alkyl halides is 3. The molecule has 7 heteroatoms. The van der Waals surface area contributed by atoms with Gasteiger partial charge >= 0.3 is 6.36 Å². The maximum atomic E-state index is 12.3. The normalized spacial score (nSPS) is 11.3. The van der Waals surface area contributed by atoms with E-state index < -0.39 is 17.9 Å². The predicted molar refractivity (Wildman–Crippen MR) is 75.7 cm³/mol. The van der Waals surface area contributed by atoms with Crippen LogP contribution in [0.15, 0.2) is 46.9 Å². The summed E-state index contributed by atoms with van der Waals surface area (Å²) >= 11 is 9.16. The number of ether oxygens (including phenoxy) is 1. The van der Waals surface area contributed by atoms with E-state index in [0.717, 1.165) is 12.1 Å². The minimum absolute atomic E-state index is 0.0565. The van der Waals surface area contributed by atoms with E-state index in [0.29, 0.717) is 4.47 Å². The van der Waals surface area contributed by atoms with E-state index in [1.54, 1.807) is 6.07 Å². The highest BCUT2D eigenvalue weighted by molar-refractivity contribution is 9.10. The maximum absolute atomic E-state index is 12.3. The minimum atomic E-state index is -4.81. The number of carbonyl (C=O) groups is 1. The molecule has 0 saturated heterocycles. The lowest BCUT2D eigenvalue weighted by Gasteiger charge is -2.10. The Hall–Kier alpha value is -1.53. The number of hydrogen-bond donors (Lipinski definition) is 0. The molecule has 2 rings (SSSR count). The fourth-order valence-electron chi connectivity index (χ4n) is 1.66. The maximum Gasteiger partial charge on any atom is 0.573 e. The molecule has 0 aliphatic heterocycles. The summed E-state index contributed by atoms with van der Waals surface area (Å²) in [6.45, 7) is 0. The topological polar surface area (TPSA) is 26.3 Å². The zero-order valence-corrected chi connectivity index (χ0v) is 12.6. The van der Waals surface area contributed by atoms with Gasteiger partial charge in [0.15, 0.2) is 5.78 Å². The summed E-state index contributed by atoms with van der Waals surface area (Å²) in [6, 6.07) is 9.48. The lowest BCUT2D eigenvalue weighted by atomic mass is 10.0. The average molecular weight is 380 g/mol. The van der Waals surface area contributed by atoms with Gasteiger partial charge in [-0.25, -0.2) is 0 Å². The van der Waals surface area contributed by atoms with E-state index in [2.05, 4.69) is 20.7 Å². The van der Waals surface area contributed by atoms with Crippen LogP contribution in [-0.4, -0.2) is 12.1 Å². The highest BCUT2D eigenvalue weighted by Gasteiger charge is 2.31. The van der Waals surface area contributed by atoms with Crippen molar-refractivity contribution in [2.45, 2.75) is 6.36 Å². The van der Waals surface area contributed by atoms with Crippen molar-refractivity contribution in [2.24, 2.45) is 0 Å². The van der Waals surface area contributed by atoms with Crippen LogP contribution in [0.25, 0.3) is 0 Å². The van der Waals surface area contributed by atoms with Gasteiger partial charge in [-0.1, -0.05) is 39.7 Å². The molecule has 0 saturated carbocycles. The summed E-state index contributed by atoms with van der Waals surface area (Å²) in [5.74, 6) is -0.943. The van der Waals surface area contributed by atoms with Crippen molar-refractivity contribution < 1.29 is 22.7 Å². The predicted octanol–water partition coefficient (Wildman–Crippen LogP) is 5.23. The fourth-order valence-corrected chi connectivity index (χ4v) is 2.42. The molecule has 0 unspecified atom stereocenters. The Kier molecular flexibility index (Phi) is 4.58. The summed E-state index contributed by atoms with van der Waals surface area (Å²) in [6.07, 6.45) is -4.81. The molecular weight excluding hydrogens is 373 g/mol. The molecule has 0 aliphatic rings. The summed E-state index contributed by atoms with van der Waals surface area (Å²) in [4.78, 5) is 12.3. The van der Waals surface area contributed by atoms with E-state index in [9.17, 15) is 18.0 Å². The second-order valence-corrected chi connectivity index (χ2v) is 5.35. The van der Waals surface area contributed by atoms with Gasteiger partial charge in [0.05, 0.1) is 5.02 Å². The van der Waals surface area contributed by atoms with Gasteiger partial charge in [-0.2, -0.15) is 0 Å². The van der Waals surface area contributed by atoms with Crippen molar-refractivity contribution in [3.63, 3.8) is 0 Å². The molecule has 0 radical (unpaired) electrons. The molecular formula is C14H7BrClF3O2. The molecule has 21 heavy (non-hydrogen) atoms. The van der Waals surface area contributed by atoms with Crippen molar-refractivity contribution in [3.8, 4) is 5.75 Å². The van der Waals surface area contributed by atoms with Crippen LogP contribution in [0.1, 0.15) is 15.9 Å². The van der Waals surface area contributed by atoms with Crippen molar-refractivity contribution in [1.82, 2.24) is 0 Å². The van der Waals surface area contributed by atoms with E-state index in [1.807, 2.05) is 0 Å². The zero-order valence-electron chi connectivity index (χ0n) is 10.2. The molecule has 0 heterocycles. The van der Waals surface area contributed by atoms with E-state index in [4.69, 9.17) is 11.6 Å². The Morgan fingerprint density at radius 2 is 1.86 bits per heavy atom. The summed E-state index contributed by atoms with van der Waals surface area (Å²) in [5.41, 5.74) is 0.255. The first-order chi connectivity index (χ1) is 9.76. The summed E-state index contributed by atoms with van der Waals surface area (Å²) in [5, 5.41) is 0.205. The summed E-state index contributed by atoms with van der Waals surface area (Å²) in [7, 11) is 0. The standard InChI is InChI=1S/C14H7BrClF3O2/c15-9-4-5-11(12(16)7-9)13(20)8-2-1-3-10(6-8)21-14(17,18)19/h1-7H. The molecule has 2 nitrogen and oxygen atoms in total. The molecule has 2 aromatic rings. The van der Waals surface area contributed by atoms with Crippen molar-refractivity contribution >= 4 is 33.3 Å². The number of rotatable bonds is 3. The summed E-state index contributed by atoms with van der Waals surface area (Å²) < 4.78 is 41.0. The molecule has 0 aliphatic carbocycles. The third-order valence-electron chi connectivity index (χ3n) is 2.51. The third-order valence-corrected chi connectivity index (χ3v) is 3.31. The van der Waals surface area contributed by atoms with Crippen LogP contribution in [-0.2, 0) is 0 Å². The van der Waals surface area contributed by atoms with Gasteiger partial charge in [0.2, 0.25) is 0 Å². The number of benzene rings is 2. The van der Waals surface area contributed by atoms with Crippen molar-refractivity contribution in [1.29, 1.82) is 0 Å². The van der Waals surface area contributed by atoms with Gasteiger partial charge in [0.1, 0.15) is 5.75 Å². The van der Waals surface area contributed by atoms with Crippen LogP contribution in [0.5, 0.6) is 5.75 Å². The molecule has 0 spiro atoms. The van der Waals surface area contributed by atoms with E-state index in [1.165, 1.54) is 24.3 Å². The first-order valence-corrected chi connectivity index (χ1v) is 6.79. The Balaban J connectivity index is 2.33. The smallest absolute Gasteiger partial charge is 0.406 e. The monoisotopic (exact) mass is 378 g/mol. The Morgan fingerprint density at radius 3 is 2.48 bits per heavy atom. The van der Waals surface area contributed by atoms with Gasteiger partial charge in [0, 0.05) is 15.6 Å². The second kappa shape index (κ2) is 6.07. The van der Waals surface area contributed by atoms with Crippen LogP contribution < -0.4 is 4.74 Å². The first kappa shape index (κ1) is 15.9. The fraction of sp³-hybridized carbons (Fsp3) is 0.0714. The van der Waals surface area contributed by atoms with Crippen LogP contribution >= 0.6 is 27.5 Å². The average Bonchev–Trinajstić information content (AvgIpc) is 2.36. The third kappa shape index (κ3) is 4.22. The van der Waals surface area contributed by atoms with E-state index in [-0.39, 0.29) is 16.1 Å². The van der Waals surface area contributed by atoms with Crippen LogP contribution in [0, 0.1) is 0 Å². The van der Waals surface area contributed by atoms with Crippen LogP contribution in [0.3, 0.4) is 0 Å². The molecule has 0 N–H and O–H groups in total. The molecule has 0 fully saturated rings. The molecule has 0 aromatic heterocycles. The van der Waals surface area contributed by atoms with Gasteiger partial charge < -0.3 is 4.74 Å². The largest absolute Gasteiger partial charge is 0.573 e. The Labute approximate surface area is 131 Å². The molecule has 110 valence electrons. The highest BCUT2D eigenvalue weighted by atomic mass is 79.9. The Bertz CT molecular complexity index is 686. The first-order valence-electron chi connectivity index (χ1n) is 5.62. The van der Waals surface area contributed by atoms with Gasteiger partial charge in [-0.3, -0.25) is 4.79 Å². The highest BCUT2D eigenvalue weighted by Crippen LogP contribution is 2.27. The van der Waals surface area contributed by atoms with Gasteiger partial charge in [-0.15, -0.1) is 13.2 Å².